The third-order valence-electron chi connectivity index (χ3n) is 5.50. The van der Waals surface area contributed by atoms with Crippen LogP contribution in [0.2, 0.25) is 20.1 Å². The molecule has 3 aromatic carbocycles. The fourth-order valence-electron chi connectivity index (χ4n) is 3.54. The van der Waals surface area contributed by atoms with Crippen LogP contribution in [0.5, 0.6) is 11.5 Å². The van der Waals surface area contributed by atoms with Gasteiger partial charge in [-0.1, -0.05) is 64.6 Å². The van der Waals surface area contributed by atoms with Crippen molar-refractivity contribution in [2.45, 2.75) is 20.5 Å². The van der Waals surface area contributed by atoms with Crippen molar-refractivity contribution in [2.75, 3.05) is 13.2 Å². The molecule has 0 aromatic heterocycles. The van der Waals surface area contributed by atoms with Crippen molar-refractivity contribution in [2.24, 2.45) is 0 Å². The number of amides is 2. The number of halogens is 4. The lowest BCUT2D eigenvalue weighted by atomic mass is 10.1. The Morgan fingerprint density at radius 1 is 0.892 bits per heavy atom. The Morgan fingerprint density at radius 2 is 1.62 bits per heavy atom. The summed E-state index contributed by atoms with van der Waals surface area (Å²) in [7, 11) is 0. The van der Waals surface area contributed by atoms with Crippen LogP contribution in [0.25, 0.3) is 6.08 Å². The minimum absolute atomic E-state index is 0.136. The van der Waals surface area contributed by atoms with Gasteiger partial charge in [0, 0.05) is 15.6 Å². The van der Waals surface area contributed by atoms with E-state index in [4.69, 9.17) is 55.9 Å². The van der Waals surface area contributed by atoms with E-state index in [0.29, 0.717) is 15.6 Å². The summed E-state index contributed by atoms with van der Waals surface area (Å²) in [5.74, 6) is 0.611. The number of carbonyl (C=O) groups is 2. The predicted octanol–water partition coefficient (Wildman–Crippen LogP) is 8.61. The van der Waals surface area contributed by atoms with Gasteiger partial charge in [-0.15, -0.1) is 0 Å². The zero-order valence-corrected chi connectivity index (χ0v) is 23.7. The first-order chi connectivity index (χ1) is 17.6. The summed E-state index contributed by atoms with van der Waals surface area (Å²) in [5.41, 5.74) is 3.33. The van der Waals surface area contributed by atoms with Gasteiger partial charge in [0.25, 0.3) is 11.1 Å². The smallest absolute Gasteiger partial charge is 0.293 e. The maximum absolute atomic E-state index is 12.9. The zero-order valence-electron chi connectivity index (χ0n) is 19.8. The summed E-state index contributed by atoms with van der Waals surface area (Å²) < 4.78 is 11.6. The van der Waals surface area contributed by atoms with Crippen molar-refractivity contribution < 1.29 is 19.1 Å². The molecule has 0 radical (unpaired) electrons. The molecule has 1 saturated heterocycles. The molecule has 2 amide bonds. The van der Waals surface area contributed by atoms with Crippen molar-refractivity contribution in [3.63, 3.8) is 0 Å². The number of carbonyl (C=O) groups excluding carboxylic acids is 2. The van der Waals surface area contributed by atoms with Crippen LogP contribution in [-0.2, 0) is 11.4 Å². The fourth-order valence-corrected chi connectivity index (χ4v) is 5.48. The van der Waals surface area contributed by atoms with Crippen molar-refractivity contribution in [1.29, 1.82) is 0 Å². The van der Waals surface area contributed by atoms with E-state index in [1.807, 2.05) is 32.0 Å². The largest absolute Gasteiger partial charge is 0.491 e. The van der Waals surface area contributed by atoms with Crippen LogP contribution in [0.1, 0.15) is 22.3 Å². The van der Waals surface area contributed by atoms with Crippen LogP contribution in [0, 0.1) is 13.8 Å². The Bertz CT molecular complexity index is 1390. The Labute approximate surface area is 239 Å². The molecule has 0 bridgehead atoms. The molecule has 37 heavy (non-hydrogen) atoms. The van der Waals surface area contributed by atoms with Gasteiger partial charge < -0.3 is 9.47 Å². The van der Waals surface area contributed by atoms with Gasteiger partial charge in [-0.2, -0.15) is 0 Å². The van der Waals surface area contributed by atoms with Crippen molar-refractivity contribution in [1.82, 2.24) is 4.90 Å². The molecular weight excluding hydrogens is 576 g/mol. The third-order valence-corrected chi connectivity index (χ3v) is 7.55. The quantitative estimate of drug-likeness (QED) is 0.244. The Kier molecular flexibility index (Phi) is 8.98. The Hall–Kier alpha value is -2.35. The number of hydrogen-bond donors (Lipinski definition) is 0. The highest BCUT2D eigenvalue weighted by Crippen LogP contribution is 2.38. The van der Waals surface area contributed by atoms with E-state index in [1.54, 1.807) is 36.4 Å². The van der Waals surface area contributed by atoms with E-state index < -0.39 is 5.91 Å². The average Bonchev–Trinajstić information content (AvgIpc) is 3.09. The van der Waals surface area contributed by atoms with E-state index in [9.17, 15) is 9.59 Å². The van der Waals surface area contributed by atoms with Gasteiger partial charge in [-0.3, -0.25) is 14.5 Å². The summed E-state index contributed by atoms with van der Waals surface area (Å²) in [6.07, 6.45) is 1.58. The van der Waals surface area contributed by atoms with Gasteiger partial charge >= 0.3 is 0 Å². The van der Waals surface area contributed by atoms with Gasteiger partial charge in [-0.05, 0) is 78.7 Å². The molecule has 10 heteroatoms. The van der Waals surface area contributed by atoms with Crippen LogP contribution in [0.4, 0.5) is 4.79 Å². The van der Waals surface area contributed by atoms with Crippen molar-refractivity contribution in [3.05, 3.63) is 95.8 Å². The molecule has 4 rings (SSSR count). The maximum Gasteiger partial charge on any atom is 0.293 e. The van der Waals surface area contributed by atoms with Gasteiger partial charge in [0.2, 0.25) is 0 Å². The maximum atomic E-state index is 12.9. The molecule has 0 N–H and O–H groups in total. The second-order valence-electron chi connectivity index (χ2n) is 8.29. The highest BCUT2D eigenvalue weighted by molar-refractivity contribution is 8.18. The van der Waals surface area contributed by atoms with E-state index >= 15 is 0 Å². The second kappa shape index (κ2) is 12.0. The standard InChI is InChI=1S/C27H21Cl4NO4S/c1-15-3-4-16(2)23(9-15)35-8-7-32-26(33)24(37-27(32)34)12-17-10-21(30)25(22(31)11-17)36-14-18-5-6-19(28)13-20(18)29/h3-6,9-13H,7-8,14H2,1-2H3/b24-12-. The molecule has 3 aromatic rings. The van der Waals surface area contributed by atoms with E-state index in [1.165, 1.54) is 0 Å². The van der Waals surface area contributed by atoms with E-state index in [2.05, 4.69) is 0 Å². The van der Waals surface area contributed by atoms with Crippen LogP contribution >= 0.6 is 58.2 Å². The number of ether oxygens (including phenoxy) is 2. The summed E-state index contributed by atoms with van der Waals surface area (Å²) in [6.45, 7) is 4.38. The van der Waals surface area contributed by atoms with Crippen molar-refractivity contribution in [3.8, 4) is 11.5 Å². The van der Waals surface area contributed by atoms with Crippen LogP contribution < -0.4 is 9.47 Å². The first-order valence-corrected chi connectivity index (χ1v) is 13.5. The molecule has 0 spiro atoms. The molecule has 0 aliphatic carbocycles. The predicted molar refractivity (Wildman–Crippen MR) is 151 cm³/mol. The number of rotatable bonds is 8. The highest BCUT2D eigenvalue weighted by atomic mass is 35.5. The lowest BCUT2D eigenvalue weighted by molar-refractivity contribution is -0.123. The Balaban J connectivity index is 1.42. The number of thioether (sulfide) groups is 1. The SMILES string of the molecule is Cc1ccc(C)c(OCCN2C(=O)S/C(=C\c3cc(Cl)c(OCc4ccc(Cl)cc4Cl)c(Cl)c3)C2=O)c1. The Morgan fingerprint density at radius 3 is 2.32 bits per heavy atom. The minimum atomic E-state index is -0.399. The molecular formula is C27H21Cl4NO4S. The molecule has 1 heterocycles. The van der Waals surface area contributed by atoms with Crippen molar-refractivity contribution >= 4 is 75.4 Å². The number of benzene rings is 3. The third kappa shape index (κ3) is 6.75. The number of aryl methyl sites for hydroxylation is 2. The summed E-state index contributed by atoms with van der Waals surface area (Å²) >= 11 is 25.8. The molecule has 5 nitrogen and oxygen atoms in total. The van der Waals surface area contributed by atoms with Crippen LogP contribution in [0.3, 0.4) is 0 Å². The summed E-state index contributed by atoms with van der Waals surface area (Å²) in [5, 5.41) is 1.13. The lowest BCUT2D eigenvalue weighted by Crippen LogP contribution is -2.32. The first-order valence-electron chi connectivity index (χ1n) is 11.1. The second-order valence-corrected chi connectivity index (χ2v) is 10.9. The van der Waals surface area contributed by atoms with Gasteiger partial charge in [0.1, 0.15) is 19.0 Å². The van der Waals surface area contributed by atoms with E-state index in [0.717, 1.165) is 39.1 Å². The number of imide groups is 1. The van der Waals surface area contributed by atoms with E-state index in [-0.39, 0.29) is 45.7 Å². The molecule has 0 unspecified atom stereocenters. The molecule has 192 valence electrons. The molecule has 1 aliphatic heterocycles. The lowest BCUT2D eigenvalue weighted by Gasteiger charge is -2.14. The minimum Gasteiger partial charge on any atom is -0.491 e. The molecule has 0 saturated carbocycles. The van der Waals surface area contributed by atoms with Gasteiger partial charge in [0.15, 0.2) is 5.75 Å². The normalized spacial score (nSPS) is 14.5. The summed E-state index contributed by atoms with van der Waals surface area (Å²) in [6, 6.07) is 14.2. The summed E-state index contributed by atoms with van der Waals surface area (Å²) in [4.78, 5) is 26.8. The zero-order chi connectivity index (χ0) is 26.7. The fraction of sp³-hybridized carbons (Fsp3) is 0.185. The number of nitrogens with zero attached hydrogens (tertiary/aromatic N) is 1. The molecule has 0 atom stereocenters. The van der Waals surface area contributed by atoms with Crippen LogP contribution in [0.15, 0.2) is 53.4 Å². The average molecular weight is 597 g/mol. The van der Waals surface area contributed by atoms with Gasteiger partial charge in [0.05, 0.1) is 21.5 Å². The number of hydrogen-bond acceptors (Lipinski definition) is 5. The highest BCUT2D eigenvalue weighted by Gasteiger charge is 2.35. The molecule has 1 aliphatic rings. The topological polar surface area (TPSA) is 55.8 Å². The first kappa shape index (κ1) is 27.7. The van der Waals surface area contributed by atoms with Gasteiger partial charge in [-0.25, -0.2) is 0 Å². The monoisotopic (exact) mass is 595 g/mol. The van der Waals surface area contributed by atoms with Crippen LogP contribution in [-0.4, -0.2) is 29.2 Å². The molecule has 1 fully saturated rings.